The molecule has 1 unspecified atom stereocenters. The maximum atomic E-state index is 10.2. The van der Waals surface area contributed by atoms with Crippen LogP contribution in [0.3, 0.4) is 0 Å². The Morgan fingerprint density at radius 3 is 2.92 bits per heavy atom. The second-order valence-electron chi connectivity index (χ2n) is 2.51. The Balaban J connectivity index is 3.25. The molecule has 4 heteroatoms. The van der Waals surface area contributed by atoms with Gasteiger partial charge in [0.1, 0.15) is 6.04 Å². The van der Waals surface area contributed by atoms with Gasteiger partial charge in [0.25, 0.3) is 0 Å². The second kappa shape index (κ2) is 6.82. The van der Waals surface area contributed by atoms with E-state index in [4.69, 9.17) is 10.8 Å². The molecule has 0 aliphatic rings. The summed E-state index contributed by atoms with van der Waals surface area (Å²) in [6.45, 7) is 3.04. The van der Waals surface area contributed by atoms with Crippen LogP contribution in [0.25, 0.3) is 0 Å². The van der Waals surface area contributed by atoms with Crippen LogP contribution in [0.4, 0.5) is 0 Å². The molecule has 0 bridgehead atoms. The molecule has 0 aliphatic heterocycles. The first kappa shape index (κ1) is 11.1. The zero-order chi connectivity index (χ0) is 9.40. The van der Waals surface area contributed by atoms with Crippen molar-refractivity contribution in [3.05, 3.63) is 12.2 Å². The fourth-order valence-corrected chi connectivity index (χ4v) is 0.697. The van der Waals surface area contributed by atoms with E-state index in [0.29, 0.717) is 6.54 Å². The van der Waals surface area contributed by atoms with Gasteiger partial charge in [0.05, 0.1) is 0 Å². The molecule has 0 spiro atoms. The van der Waals surface area contributed by atoms with Crippen molar-refractivity contribution in [1.82, 2.24) is 5.32 Å². The number of carboxylic acid groups (broad SMARTS) is 1. The molecule has 0 radical (unpaired) electrons. The van der Waals surface area contributed by atoms with Gasteiger partial charge in [-0.1, -0.05) is 12.2 Å². The number of hydrogen-bond acceptors (Lipinski definition) is 3. The number of aliphatic carboxylic acids is 1. The first-order valence-corrected chi connectivity index (χ1v) is 3.98. The lowest BCUT2D eigenvalue weighted by atomic mass is 10.3. The monoisotopic (exact) mass is 172 g/mol. The fraction of sp³-hybridized carbons (Fsp3) is 0.625. The quantitative estimate of drug-likeness (QED) is 0.388. The van der Waals surface area contributed by atoms with Gasteiger partial charge in [-0.05, 0) is 19.9 Å². The Morgan fingerprint density at radius 1 is 1.75 bits per heavy atom. The van der Waals surface area contributed by atoms with E-state index in [1.807, 2.05) is 19.1 Å². The molecule has 0 aromatic carbocycles. The highest BCUT2D eigenvalue weighted by Gasteiger charge is 2.08. The summed E-state index contributed by atoms with van der Waals surface area (Å²) < 4.78 is 0. The van der Waals surface area contributed by atoms with Crippen molar-refractivity contribution >= 4 is 5.97 Å². The van der Waals surface area contributed by atoms with Crippen molar-refractivity contribution in [3.8, 4) is 0 Å². The summed E-state index contributed by atoms with van der Waals surface area (Å²) in [6, 6.07) is -0.796. The lowest BCUT2D eigenvalue weighted by molar-refractivity contribution is -0.138. The van der Waals surface area contributed by atoms with Gasteiger partial charge in [-0.3, -0.25) is 4.79 Å². The van der Waals surface area contributed by atoms with Crippen molar-refractivity contribution in [2.24, 2.45) is 5.73 Å². The third kappa shape index (κ3) is 5.88. The van der Waals surface area contributed by atoms with E-state index >= 15 is 0 Å². The summed E-state index contributed by atoms with van der Waals surface area (Å²) in [5.41, 5.74) is 5.25. The molecule has 0 aromatic rings. The first-order valence-electron chi connectivity index (χ1n) is 3.98. The number of hydrogen-bond donors (Lipinski definition) is 3. The number of nitrogens with one attached hydrogen (secondary N) is 1. The van der Waals surface area contributed by atoms with Crippen LogP contribution < -0.4 is 11.1 Å². The van der Waals surface area contributed by atoms with Crippen molar-refractivity contribution in [1.29, 1.82) is 0 Å². The van der Waals surface area contributed by atoms with Crippen molar-refractivity contribution in [2.75, 3.05) is 13.1 Å². The normalized spacial score (nSPS) is 13.5. The summed E-state index contributed by atoms with van der Waals surface area (Å²) in [5.74, 6) is -0.964. The van der Waals surface area contributed by atoms with Crippen molar-refractivity contribution < 1.29 is 9.90 Å². The summed E-state index contributed by atoms with van der Waals surface area (Å²) >= 11 is 0. The Hall–Kier alpha value is -0.870. The molecule has 70 valence electrons. The van der Waals surface area contributed by atoms with E-state index in [-0.39, 0.29) is 0 Å². The van der Waals surface area contributed by atoms with E-state index in [0.717, 1.165) is 13.0 Å². The summed E-state index contributed by atoms with van der Waals surface area (Å²) in [6.07, 6.45) is 4.88. The Labute approximate surface area is 72.4 Å². The molecule has 0 saturated heterocycles. The van der Waals surface area contributed by atoms with Crippen LogP contribution in [0.15, 0.2) is 12.2 Å². The molecule has 12 heavy (non-hydrogen) atoms. The Bertz CT molecular complexity index is 157. The number of allylic oxidation sites excluding steroid dienone is 1. The smallest absolute Gasteiger partial charge is 0.321 e. The third-order valence-electron chi connectivity index (χ3n) is 1.40. The largest absolute Gasteiger partial charge is 0.480 e. The lowest BCUT2D eigenvalue weighted by Crippen LogP contribution is -2.40. The van der Waals surface area contributed by atoms with Crippen LogP contribution in [-0.4, -0.2) is 30.2 Å². The highest BCUT2D eigenvalue weighted by molar-refractivity contribution is 5.73. The van der Waals surface area contributed by atoms with Crippen LogP contribution >= 0.6 is 0 Å². The second-order valence-corrected chi connectivity index (χ2v) is 2.51. The molecule has 0 rings (SSSR count). The molecule has 1 atom stereocenters. The Kier molecular flexibility index (Phi) is 6.32. The van der Waals surface area contributed by atoms with E-state index in [2.05, 4.69) is 5.32 Å². The average molecular weight is 172 g/mol. The predicted octanol–water partition coefficient (Wildman–Crippen LogP) is -0.0459. The predicted molar refractivity (Wildman–Crippen MR) is 47.9 cm³/mol. The molecule has 0 aliphatic carbocycles. The van der Waals surface area contributed by atoms with E-state index in [1.54, 1.807) is 0 Å². The summed E-state index contributed by atoms with van der Waals surface area (Å²) in [5, 5.41) is 11.3. The van der Waals surface area contributed by atoms with Crippen LogP contribution in [0.5, 0.6) is 0 Å². The maximum Gasteiger partial charge on any atom is 0.321 e. The van der Waals surface area contributed by atoms with Crippen molar-refractivity contribution in [2.45, 2.75) is 19.4 Å². The van der Waals surface area contributed by atoms with Crippen LogP contribution in [0.1, 0.15) is 13.3 Å². The van der Waals surface area contributed by atoms with E-state index in [9.17, 15) is 4.79 Å². The standard InChI is InChI=1S/C8H16N2O2/c1-2-3-4-5-10-6-7(9)8(11)12/h2-3,7,10H,4-6,9H2,1H3,(H,11,12)/b3-2+. The Morgan fingerprint density at radius 2 is 2.42 bits per heavy atom. The average Bonchev–Trinajstić information content (AvgIpc) is 2.03. The highest BCUT2D eigenvalue weighted by atomic mass is 16.4. The van der Waals surface area contributed by atoms with E-state index < -0.39 is 12.0 Å². The fourth-order valence-electron chi connectivity index (χ4n) is 0.697. The van der Waals surface area contributed by atoms with Gasteiger partial charge in [-0.2, -0.15) is 0 Å². The van der Waals surface area contributed by atoms with Crippen LogP contribution in [-0.2, 0) is 4.79 Å². The van der Waals surface area contributed by atoms with Gasteiger partial charge in [0.2, 0.25) is 0 Å². The molecular weight excluding hydrogens is 156 g/mol. The SMILES string of the molecule is C/C=C/CCNCC(N)C(=O)O. The zero-order valence-electron chi connectivity index (χ0n) is 7.29. The minimum atomic E-state index is -0.964. The summed E-state index contributed by atoms with van der Waals surface area (Å²) in [4.78, 5) is 10.2. The molecule has 0 heterocycles. The number of nitrogens with two attached hydrogens (primary N) is 1. The van der Waals surface area contributed by atoms with Crippen LogP contribution in [0, 0.1) is 0 Å². The van der Waals surface area contributed by atoms with Gasteiger partial charge in [0, 0.05) is 6.54 Å². The highest BCUT2D eigenvalue weighted by Crippen LogP contribution is 1.80. The maximum absolute atomic E-state index is 10.2. The first-order chi connectivity index (χ1) is 5.68. The number of rotatable bonds is 6. The molecular formula is C8H16N2O2. The minimum Gasteiger partial charge on any atom is -0.480 e. The topological polar surface area (TPSA) is 75.3 Å². The molecule has 0 saturated carbocycles. The molecule has 0 amide bonds. The minimum absolute atomic E-state index is 0.326. The van der Waals surface area contributed by atoms with Gasteiger partial charge in [0.15, 0.2) is 0 Å². The van der Waals surface area contributed by atoms with Crippen LogP contribution in [0.2, 0.25) is 0 Å². The molecule has 0 aromatic heterocycles. The van der Waals surface area contributed by atoms with E-state index in [1.165, 1.54) is 0 Å². The third-order valence-corrected chi connectivity index (χ3v) is 1.40. The lowest BCUT2D eigenvalue weighted by Gasteiger charge is -2.06. The van der Waals surface area contributed by atoms with Crippen molar-refractivity contribution in [3.63, 3.8) is 0 Å². The van der Waals surface area contributed by atoms with Gasteiger partial charge in [-0.25, -0.2) is 0 Å². The van der Waals surface area contributed by atoms with Gasteiger partial charge >= 0.3 is 5.97 Å². The molecule has 4 N–H and O–H groups in total. The molecule has 4 nitrogen and oxygen atoms in total. The summed E-state index contributed by atoms with van der Waals surface area (Å²) in [7, 11) is 0. The van der Waals surface area contributed by atoms with Gasteiger partial charge in [-0.15, -0.1) is 0 Å². The molecule has 0 fully saturated rings. The zero-order valence-corrected chi connectivity index (χ0v) is 7.29. The number of carboxylic acids is 1. The van der Waals surface area contributed by atoms with Gasteiger partial charge < -0.3 is 16.2 Å². The number of carbonyl (C=O) groups is 1.